The first kappa shape index (κ1) is 20.3. The van der Waals surface area contributed by atoms with Crippen molar-refractivity contribution in [2.75, 3.05) is 6.54 Å². The summed E-state index contributed by atoms with van der Waals surface area (Å²) in [7, 11) is 0. The van der Waals surface area contributed by atoms with Gasteiger partial charge in [0.2, 0.25) is 5.91 Å². The van der Waals surface area contributed by atoms with E-state index < -0.39 is 5.97 Å². The van der Waals surface area contributed by atoms with Crippen LogP contribution < -0.4 is 5.32 Å². The normalized spacial score (nSPS) is 28.6. The smallest absolute Gasteiger partial charge is 0.325 e. The van der Waals surface area contributed by atoms with Crippen LogP contribution in [0.25, 0.3) is 11.5 Å². The zero-order valence-corrected chi connectivity index (χ0v) is 18.1. The minimum atomic E-state index is -0.519. The molecule has 0 saturated heterocycles. The van der Waals surface area contributed by atoms with Gasteiger partial charge in [0.25, 0.3) is 11.8 Å². The molecule has 31 heavy (non-hydrogen) atoms. The van der Waals surface area contributed by atoms with E-state index in [1.54, 1.807) is 0 Å². The fourth-order valence-corrected chi connectivity index (χ4v) is 6.54. The zero-order chi connectivity index (χ0) is 21.6. The van der Waals surface area contributed by atoms with Gasteiger partial charge in [-0.15, -0.1) is 10.2 Å². The van der Waals surface area contributed by atoms with E-state index in [4.69, 9.17) is 13.6 Å². The highest BCUT2D eigenvalue weighted by atomic mass is 16.5. The lowest BCUT2D eigenvalue weighted by Gasteiger charge is -2.56. The second kappa shape index (κ2) is 7.80. The fraction of sp³-hybridized carbons (Fsp3) is 0.652. The van der Waals surface area contributed by atoms with Crippen LogP contribution in [0.15, 0.2) is 14.9 Å². The van der Waals surface area contributed by atoms with Gasteiger partial charge in [-0.05, 0) is 81.6 Å². The number of furan rings is 1. The molecular formula is C23H29N3O5. The average molecular weight is 428 g/mol. The molecule has 4 fully saturated rings. The molecule has 0 aliphatic heterocycles. The Hall–Kier alpha value is -2.64. The van der Waals surface area contributed by atoms with E-state index in [0.29, 0.717) is 18.1 Å². The molecule has 166 valence electrons. The van der Waals surface area contributed by atoms with E-state index in [-0.39, 0.29) is 30.4 Å². The summed E-state index contributed by atoms with van der Waals surface area (Å²) >= 11 is 0. The predicted molar refractivity (Wildman–Crippen MR) is 110 cm³/mol. The lowest BCUT2D eigenvalue weighted by atomic mass is 9.49. The van der Waals surface area contributed by atoms with Crippen LogP contribution in [0.3, 0.4) is 0 Å². The van der Waals surface area contributed by atoms with Crippen molar-refractivity contribution in [3.63, 3.8) is 0 Å². The van der Waals surface area contributed by atoms with Crippen molar-refractivity contribution in [1.29, 1.82) is 0 Å². The quantitative estimate of drug-likeness (QED) is 0.671. The first-order valence-electron chi connectivity index (χ1n) is 11.2. The molecule has 0 unspecified atom stereocenters. The number of esters is 1. The van der Waals surface area contributed by atoms with Crippen molar-refractivity contribution < 1.29 is 23.2 Å². The molecule has 8 nitrogen and oxygen atoms in total. The SMILES string of the molecule is Cc1cc(-c2nnc(COC(=O)CNC(=O)CC34CC5CC(CC(C5)C3)C4)o2)c(C)o1. The molecule has 4 bridgehead atoms. The van der Waals surface area contributed by atoms with Crippen LogP contribution in [0.4, 0.5) is 0 Å². The third-order valence-electron chi connectivity index (χ3n) is 7.23. The second-order valence-corrected chi connectivity index (χ2v) is 9.86. The van der Waals surface area contributed by atoms with Gasteiger partial charge in [-0.25, -0.2) is 0 Å². The summed E-state index contributed by atoms with van der Waals surface area (Å²) in [6, 6.07) is 1.82. The van der Waals surface area contributed by atoms with Crippen LogP contribution in [0.2, 0.25) is 0 Å². The highest BCUT2D eigenvalue weighted by Crippen LogP contribution is 2.61. The summed E-state index contributed by atoms with van der Waals surface area (Å²) in [4.78, 5) is 24.6. The molecule has 1 N–H and O–H groups in total. The van der Waals surface area contributed by atoms with E-state index in [9.17, 15) is 9.59 Å². The van der Waals surface area contributed by atoms with Crippen LogP contribution >= 0.6 is 0 Å². The van der Waals surface area contributed by atoms with Crippen LogP contribution in [0.5, 0.6) is 0 Å². The van der Waals surface area contributed by atoms with Gasteiger partial charge in [-0.1, -0.05) is 0 Å². The van der Waals surface area contributed by atoms with E-state index in [2.05, 4.69) is 15.5 Å². The monoisotopic (exact) mass is 427 g/mol. The molecule has 4 aliphatic carbocycles. The van der Waals surface area contributed by atoms with Crippen molar-refractivity contribution in [3.05, 3.63) is 23.5 Å². The first-order valence-corrected chi connectivity index (χ1v) is 11.2. The van der Waals surface area contributed by atoms with Gasteiger partial charge in [0.1, 0.15) is 18.1 Å². The number of carbonyl (C=O) groups is 2. The summed E-state index contributed by atoms with van der Waals surface area (Å²) in [5, 5.41) is 10.6. The summed E-state index contributed by atoms with van der Waals surface area (Å²) in [5.41, 5.74) is 0.881. The Balaban J connectivity index is 1.08. The van der Waals surface area contributed by atoms with Crippen molar-refractivity contribution in [2.24, 2.45) is 23.2 Å². The van der Waals surface area contributed by atoms with Crippen molar-refractivity contribution in [2.45, 2.75) is 65.4 Å². The molecule has 8 heteroatoms. The molecule has 0 radical (unpaired) electrons. The van der Waals surface area contributed by atoms with Gasteiger partial charge in [-0.3, -0.25) is 9.59 Å². The Labute approximate surface area is 181 Å². The van der Waals surface area contributed by atoms with Crippen LogP contribution in [-0.2, 0) is 20.9 Å². The number of ether oxygens (including phenoxy) is 1. The third-order valence-corrected chi connectivity index (χ3v) is 7.23. The summed E-state index contributed by atoms with van der Waals surface area (Å²) in [5.74, 6) is 3.80. The molecule has 0 atom stereocenters. The zero-order valence-electron chi connectivity index (χ0n) is 18.1. The lowest BCUT2D eigenvalue weighted by molar-refractivity contribution is -0.146. The molecule has 0 aromatic carbocycles. The number of hydrogen-bond donors (Lipinski definition) is 1. The number of aryl methyl sites for hydroxylation is 2. The molecule has 2 aromatic heterocycles. The Kier molecular flexibility index (Phi) is 5.10. The second-order valence-electron chi connectivity index (χ2n) is 9.86. The predicted octanol–water partition coefficient (Wildman–Crippen LogP) is 3.71. The first-order chi connectivity index (χ1) is 14.9. The van der Waals surface area contributed by atoms with Crippen molar-refractivity contribution in [3.8, 4) is 11.5 Å². The highest BCUT2D eigenvalue weighted by Gasteiger charge is 2.51. The van der Waals surface area contributed by atoms with Crippen LogP contribution in [-0.4, -0.2) is 28.6 Å². The molecular weight excluding hydrogens is 398 g/mol. The number of aromatic nitrogens is 2. The third kappa shape index (κ3) is 4.25. The Bertz CT molecular complexity index is 956. The topological polar surface area (TPSA) is 107 Å². The summed E-state index contributed by atoms with van der Waals surface area (Å²) < 4.78 is 16.2. The average Bonchev–Trinajstić information content (AvgIpc) is 3.29. The standard InChI is InChI=1S/C23H29N3O5/c1-13-3-18(14(2)30-13)22-26-25-20(31-22)12-29-21(28)11-24-19(27)10-23-7-15-4-16(8-23)6-17(5-15)9-23/h3,15-17H,4-12H2,1-2H3,(H,24,27). The fourth-order valence-electron chi connectivity index (χ4n) is 6.54. The van der Waals surface area contributed by atoms with E-state index in [1.165, 1.54) is 38.5 Å². The maximum Gasteiger partial charge on any atom is 0.325 e. The Morgan fingerprint density at radius 3 is 2.39 bits per heavy atom. The molecule has 6 rings (SSSR count). The summed E-state index contributed by atoms with van der Waals surface area (Å²) in [6.07, 6.45) is 8.10. The molecule has 2 aromatic rings. The minimum absolute atomic E-state index is 0.0511. The van der Waals surface area contributed by atoms with Crippen molar-refractivity contribution >= 4 is 11.9 Å². The van der Waals surface area contributed by atoms with Crippen molar-refractivity contribution in [1.82, 2.24) is 15.5 Å². The largest absolute Gasteiger partial charge is 0.466 e. The number of hydrogen-bond acceptors (Lipinski definition) is 7. The van der Waals surface area contributed by atoms with Crippen LogP contribution in [0, 0.1) is 37.0 Å². The maximum absolute atomic E-state index is 12.5. The number of amides is 1. The number of nitrogens with one attached hydrogen (secondary N) is 1. The Morgan fingerprint density at radius 1 is 1.10 bits per heavy atom. The van der Waals surface area contributed by atoms with Gasteiger partial charge >= 0.3 is 5.97 Å². The van der Waals surface area contributed by atoms with Gasteiger partial charge in [0.15, 0.2) is 6.61 Å². The van der Waals surface area contributed by atoms with Gasteiger partial charge in [0.05, 0.1) is 5.56 Å². The number of rotatable bonds is 7. The van der Waals surface area contributed by atoms with Gasteiger partial charge in [0, 0.05) is 6.42 Å². The molecule has 4 aliphatic rings. The van der Waals surface area contributed by atoms with Crippen LogP contribution in [0.1, 0.15) is 62.4 Å². The minimum Gasteiger partial charge on any atom is -0.466 e. The van der Waals surface area contributed by atoms with Gasteiger partial charge in [-0.2, -0.15) is 0 Å². The molecule has 1 amide bonds. The molecule has 2 heterocycles. The molecule has 0 spiro atoms. The lowest BCUT2D eigenvalue weighted by Crippen LogP contribution is -2.48. The highest BCUT2D eigenvalue weighted by molar-refractivity contribution is 5.82. The summed E-state index contributed by atoms with van der Waals surface area (Å²) in [6.45, 7) is 3.38. The van der Waals surface area contributed by atoms with E-state index in [0.717, 1.165) is 29.1 Å². The Morgan fingerprint density at radius 2 is 1.77 bits per heavy atom. The number of nitrogens with zero attached hydrogens (tertiary/aromatic N) is 2. The van der Waals surface area contributed by atoms with Gasteiger partial charge < -0.3 is 18.9 Å². The maximum atomic E-state index is 12.5. The van der Waals surface area contributed by atoms with E-state index in [1.807, 2.05) is 19.9 Å². The number of carbonyl (C=O) groups excluding carboxylic acids is 2. The van der Waals surface area contributed by atoms with E-state index >= 15 is 0 Å². The molecule has 4 saturated carbocycles.